The third kappa shape index (κ3) is 5.28. The Bertz CT molecular complexity index is 1700. The van der Waals surface area contributed by atoms with E-state index in [-0.39, 0.29) is 23.7 Å². The number of nitrogens with zero attached hydrogens (tertiary/aromatic N) is 4. The number of pyridine rings is 1. The molecule has 0 spiro atoms. The summed E-state index contributed by atoms with van der Waals surface area (Å²) in [5.74, 6) is -4.92. The largest absolute Gasteiger partial charge is 0.480 e. The second-order valence-electron chi connectivity index (χ2n) is 9.34. The Balaban J connectivity index is 1.66. The van der Waals surface area contributed by atoms with Crippen molar-refractivity contribution >= 4 is 23.2 Å². The van der Waals surface area contributed by atoms with Crippen LogP contribution in [-0.4, -0.2) is 47.6 Å². The van der Waals surface area contributed by atoms with Gasteiger partial charge in [0.15, 0.2) is 0 Å². The molecule has 0 radical (unpaired) electrons. The lowest BCUT2D eigenvalue weighted by molar-refractivity contribution is -0.139. The first-order chi connectivity index (χ1) is 18.4. The van der Waals surface area contributed by atoms with Gasteiger partial charge in [0.05, 0.1) is 5.56 Å². The molecule has 204 valence electrons. The number of imidazole rings is 1. The minimum Gasteiger partial charge on any atom is -0.480 e. The summed E-state index contributed by atoms with van der Waals surface area (Å²) in [6.45, 7) is 3.55. The minimum atomic E-state index is -1.55. The monoisotopic (exact) mass is 540 g/mol. The first-order valence-electron chi connectivity index (χ1n) is 11.9. The van der Waals surface area contributed by atoms with Crippen molar-refractivity contribution < 1.29 is 23.5 Å². The van der Waals surface area contributed by atoms with Crippen LogP contribution < -0.4 is 21.9 Å². The average molecular weight is 541 g/mol. The van der Waals surface area contributed by atoms with Gasteiger partial charge in [-0.05, 0) is 38.1 Å². The van der Waals surface area contributed by atoms with E-state index < -0.39 is 46.4 Å². The van der Waals surface area contributed by atoms with Crippen molar-refractivity contribution in [2.45, 2.75) is 32.4 Å². The number of carbonyl (C=O) groups excluding carboxylic acids is 1. The summed E-state index contributed by atoms with van der Waals surface area (Å²) < 4.78 is 33.0. The first kappa shape index (κ1) is 27.2. The SMILES string of the molecule is CC(C)Nc1cc(F)c(C(=O)N[C@@H](Cc2ccc(-c3cn(C)c(=O)n(C)c3=O)c3nccn23)C(=O)O)c(F)c1. The van der Waals surface area contributed by atoms with Gasteiger partial charge in [-0.1, -0.05) is 0 Å². The number of anilines is 1. The lowest BCUT2D eigenvalue weighted by atomic mass is 10.1. The number of rotatable bonds is 8. The van der Waals surface area contributed by atoms with Gasteiger partial charge < -0.3 is 24.7 Å². The molecule has 3 N–H and O–H groups in total. The number of amides is 1. The van der Waals surface area contributed by atoms with E-state index in [1.165, 1.54) is 35.5 Å². The van der Waals surface area contributed by atoms with E-state index in [4.69, 9.17) is 0 Å². The molecule has 1 atom stereocenters. The molecule has 0 saturated carbocycles. The fourth-order valence-electron chi connectivity index (χ4n) is 4.28. The molecule has 13 heteroatoms. The zero-order chi connectivity index (χ0) is 28.6. The number of aromatic nitrogens is 4. The van der Waals surface area contributed by atoms with Gasteiger partial charge in [-0.2, -0.15) is 0 Å². The summed E-state index contributed by atoms with van der Waals surface area (Å²) in [6, 6.07) is 3.37. The normalized spacial score (nSPS) is 12.1. The standard InChI is InChI=1S/C26H26F2N6O5/c1-13(2)30-14-9-18(27)21(19(28)10-14)23(35)31-20(25(37)38)11-15-5-6-16(22-29-7-8-34(15)22)17-12-32(3)26(39)33(4)24(17)36/h5-10,12-13,20,30H,11H2,1-4H3,(H,31,35)(H,37,38)/t20-/m0/s1. The number of carboxylic acid groups (broad SMARTS) is 1. The van der Waals surface area contributed by atoms with Crippen molar-refractivity contribution in [3.8, 4) is 11.1 Å². The van der Waals surface area contributed by atoms with Crippen LogP contribution in [0, 0.1) is 11.6 Å². The van der Waals surface area contributed by atoms with E-state index in [0.717, 1.165) is 16.7 Å². The number of aryl methyl sites for hydroxylation is 1. The van der Waals surface area contributed by atoms with Crippen LogP contribution in [0.3, 0.4) is 0 Å². The molecule has 0 saturated heterocycles. The molecule has 11 nitrogen and oxygen atoms in total. The summed E-state index contributed by atoms with van der Waals surface area (Å²) in [4.78, 5) is 53.9. The number of aliphatic carboxylic acids is 1. The van der Waals surface area contributed by atoms with Crippen LogP contribution in [0.2, 0.25) is 0 Å². The zero-order valence-electron chi connectivity index (χ0n) is 21.5. The predicted octanol–water partition coefficient (Wildman–Crippen LogP) is 1.92. The van der Waals surface area contributed by atoms with Crippen LogP contribution in [0.15, 0.2) is 52.4 Å². The smallest absolute Gasteiger partial charge is 0.330 e. The highest BCUT2D eigenvalue weighted by atomic mass is 19.1. The second-order valence-corrected chi connectivity index (χ2v) is 9.34. The van der Waals surface area contributed by atoms with E-state index >= 15 is 0 Å². The number of hydrogen-bond donors (Lipinski definition) is 3. The van der Waals surface area contributed by atoms with Crippen molar-refractivity contribution in [1.82, 2.24) is 23.8 Å². The van der Waals surface area contributed by atoms with Crippen molar-refractivity contribution in [1.29, 1.82) is 0 Å². The van der Waals surface area contributed by atoms with E-state index in [9.17, 15) is 33.1 Å². The maximum Gasteiger partial charge on any atom is 0.330 e. The molecule has 0 bridgehead atoms. The molecule has 4 rings (SSSR count). The highest BCUT2D eigenvalue weighted by Crippen LogP contribution is 2.23. The molecule has 0 aliphatic rings. The molecule has 0 fully saturated rings. The van der Waals surface area contributed by atoms with Gasteiger partial charge in [0.1, 0.15) is 28.9 Å². The molecule has 4 aromatic rings. The fraction of sp³-hybridized carbons (Fsp3) is 0.269. The number of halogens is 2. The number of nitrogens with one attached hydrogen (secondary N) is 2. The minimum absolute atomic E-state index is 0.108. The third-order valence-corrected chi connectivity index (χ3v) is 6.11. The van der Waals surface area contributed by atoms with Gasteiger partial charge in [0.2, 0.25) is 0 Å². The average Bonchev–Trinajstić information content (AvgIpc) is 3.34. The molecule has 3 heterocycles. The summed E-state index contributed by atoms with van der Waals surface area (Å²) >= 11 is 0. The van der Waals surface area contributed by atoms with Gasteiger partial charge in [-0.3, -0.25) is 14.2 Å². The molecule has 0 aliphatic heterocycles. The third-order valence-electron chi connectivity index (χ3n) is 6.11. The Hall–Kier alpha value is -4.81. The van der Waals surface area contributed by atoms with Crippen molar-refractivity contribution in [3.05, 3.63) is 86.6 Å². The lowest BCUT2D eigenvalue weighted by Crippen LogP contribution is -2.43. The Morgan fingerprint density at radius 3 is 2.36 bits per heavy atom. The van der Waals surface area contributed by atoms with Crippen LogP contribution in [0.5, 0.6) is 0 Å². The molecular formula is C26H26F2N6O5. The molecule has 1 amide bonds. The van der Waals surface area contributed by atoms with Crippen LogP contribution in [0.1, 0.15) is 29.9 Å². The Morgan fingerprint density at radius 1 is 1.08 bits per heavy atom. The lowest BCUT2D eigenvalue weighted by Gasteiger charge is -2.18. The van der Waals surface area contributed by atoms with Crippen LogP contribution in [0.25, 0.3) is 16.8 Å². The van der Waals surface area contributed by atoms with Crippen molar-refractivity contribution in [2.75, 3.05) is 5.32 Å². The van der Waals surface area contributed by atoms with E-state index in [2.05, 4.69) is 15.6 Å². The van der Waals surface area contributed by atoms with Gasteiger partial charge in [0.25, 0.3) is 11.5 Å². The highest BCUT2D eigenvalue weighted by Gasteiger charge is 2.27. The van der Waals surface area contributed by atoms with Gasteiger partial charge >= 0.3 is 11.7 Å². The number of carboxylic acids is 1. The van der Waals surface area contributed by atoms with Crippen molar-refractivity contribution in [3.63, 3.8) is 0 Å². The molecule has 0 unspecified atom stereocenters. The van der Waals surface area contributed by atoms with E-state index in [0.29, 0.717) is 16.9 Å². The molecule has 39 heavy (non-hydrogen) atoms. The Labute approximate surface area is 220 Å². The molecular weight excluding hydrogens is 514 g/mol. The Morgan fingerprint density at radius 2 is 1.74 bits per heavy atom. The van der Waals surface area contributed by atoms with E-state index in [1.54, 1.807) is 32.2 Å². The van der Waals surface area contributed by atoms with E-state index in [1.807, 2.05) is 0 Å². The molecule has 3 aromatic heterocycles. The van der Waals surface area contributed by atoms with Crippen LogP contribution in [0.4, 0.5) is 14.5 Å². The fourth-order valence-corrected chi connectivity index (χ4v) is 4.28. The number of hydrogen-bond acceptors (Lipinski definition) is 6. The Kier molecular flexibility index (Phi) is 7.34. The maximum absolute atomic E-state index is 14.6. The van der Waals surface area contributed by atoms with Gasteiger partial charge in [-0.25, -0.2) is 23.4 Å². The quantitative estimate of drug-likeness (QED) is 0.310. The number of benzene rings is 1. The maximum atomic E-state index is 14.6. The van der Waals surface area contributed by atoms with Crippen LogP contribution in [-0.2, 0) is 25.3 Å². The summed E-state index contributed by atoms with van der Waals surface area (Å²) in [6.07, 6.45) is 4.11. The zero-order valence-corrected chi connectivity index (χ0v) is 21.5. The molecule has 0 aliphatic carbocycles. The molecule has 1 aromatic carbocycles. The van der Waals surface area contributed by atoms with Crippen LogP contribution >= 0.6 is 0 Å². The summed E-state index contributed by atoms with van der Waals surface area (Å²) in [7, 11) is 2.86. The topological polar surface area (TPSA) is 140 Å². The van der Waals surface area contributed by atoms with Crippen molar-refractivity contribution in [2.24, 2.45) is 14.1 Å². The van der Waals surface area contributed by atoms with Gasteiger partial charge in [0, 0.05) is 62.1 Å². The second kappa shape index (κ2) is 10.5. The number of carbonyl (C=O) groups is 2. The van der Waals surface area contributed by atoms with Gasteiger partial charge in [-0.15, -0.1) is 0 Å². The predicted molar refractivity (Wildman–Crippen MR) is 139 cm³/mol. The number of fused-ring (bicyclic) bond motifs is 1. The summed E-state index contributed by atoms with van der Waals surface area (Å²) in [5.41, 5.74) is -0.501. The highest BCUT2D eigenvalue weighted by molar-refractivity contribution is 5.97. The first-order valence-corrected chi connectivity index (χ1v) is 11.9. The summed E-state index contributed by atoms with van der Waals surface area (Å²) in [5, 5.41) is 14.8.